The molecule has 29 heavy (non-hydrogen) atoms. The molecule has 0 bridgehead atoms. The van der Waals surface area contributed by atoms with Crippen LogP contribution in [-0.4, -0.2) is 36.3 Å². The number of methoxy groups -OCH3 is 1. The maximum absolute atomic E-state index is 12.5. The van der Waals surface area contributed by atoms with Crippen LogP contribution in [0.15, 0.2) is 41.5 Å². The smallest absolute Gasteiger partial charge is 0.262 e. The van der Waals surface area contributed by atoms with E-state index >= 15 is 0 Å². The average Bonchev–Trinajstić information content (AvgIpc) is 2.68. The molecule has 2 aromatic carbocycles. The summed E-state index contributed by atoms with van der Waals surface area (Å²) in [6, 6.07) is 8.29. The highest BCUT2D eigenvalue weighted by molar-refractivity contribution is 6.42. The second-order valence-corrected chi connectivity index (χ2v) is 7.30. The number of nitrogens with zero attached hydrogens (tertiary/aromatic N) is 1. The number of carbonyl (C=O) groups excluding carboxylic acids is 2. The van der Waals surface area contributed by atoms with E-state index in [9.17, 15) is 14.7 Å². The third-order valence-electron chi connectivity index (χ3n) is 4.01. The molecule has 0 heterocycles. The number of hydrogen-bond donors (Lipinski definition) is 3. The first-order chi connectivity index (χ1) is 13.7. The number of rotatable bonds is 7. The third kappa shape index (κ3) is 6.10. The Morgan fingerprint density at radius 3 is 2.48 bits per heavy atom. The maximum atomic E-state index is 12.5. The van der Waals surface area contributed by atoms with Crippen molar-refractivity contribution in [2.45, 2.75) is 19.9 Å². The van der Waals surface area contributed by atoms with E-state index in [1.807, 2.05) is 0 Å². The lowest BCUT2D eigenvalue weighted by Gasteiger charge is -2.20. The van der Waals surface area contributed by atoms with Gasteiger partial charge in [0.1, 0.15) is 6.04 Å². The number of aromatic hydroxyl groups is 1. The van der Waals surface area contributed by atoms with E-state index in [-0.39, 0.29) is 28.0 Å². The largest absolute Gasteiger partial charge is 0.504 e. The monoisotopic (exact) mass is 437 g/mol. The number of hydrogen-bond acceptors (Lipinski definition) is 5. The summed E-state index contributed by atoms with van der Waals surface area (Å²) in [6.45, 7) is 3.60. The molecule has 7 nitrogen and oxygen atoms in total. The Kier molecular flexibility index (Phi) is 7.87. The SMILES string of the molecule is COc1cc(/C=N/NC(=O)C(NC(=O)c2ccc(Cl)c(Cl)c2)C(C)C)ccc1O. The van der Waals surface area contributed by atoms with Crippen LogP contribution in [0.4, 0.5) is 0 Å². The zero-order valence-corrected chi connectivity index (χ0v) is 17.6. The number of halogens is 2. The molecule has 1 atom stereocenters. The number of phenolic OH excluding ortho intramolecular Hbond substituents is 1. The van der Waals surface area contributed by atoms with Crippen molar-refractivity contribution in [3.05, 3.63) is 57.6 Å². The van der Waals surface area contributed by atoms with Crippen LogP contribution in [0.2, 0.25) is 10.0 Å². The number of carbonyl (C=O) groups is 2. The molecule has 0 radical (unpaired) electrons. The molecule has 0 aliphatic rings. The van der Waals surface area contributed by atoms with Crippen molar-refractivity contribution in [1.29, 1.82) is 0 Å². The predicted octanol–water partition coefficient (Wildman–Crippen LogP) is 3.61. The number of ether oxygens (including phenoxy) is 1. The molecule has 0 saturated heterocycles. The Morgan fingerprint density at radius 1 is 1.14 bits per heavy atom. The number of phenols is 1. The van der Waals surface area contributed by atoms with Crippen molar-refractivity contribution in [3.63, 3.8) is 0 Å². The lowest BCUT2D eigenvalue weighted by Crippen LogP contribution is -2.48. The first-order valence-corrected chi connectivity index (χ1v) is 9.44. The van der Waals surface area contributed by atoms with Crippen LogP contribution in [0.3, 0.4) is 0 Å². The van der Waals surface area contributed by atoms with Gasteiger partial charge in [-0.2, -0.15) is 5.10 Å². The van der Waals surface area contributed by atoms with Crippen molar-refractivity contribution in [1.82, 2.24) is 10.7 Å². The van der Waals surface area contributed by atoms with Crippen molar-refractivity contribution in [2.24, 2.45) is 11.0 Å². The summed E-state index contributed by atoms with van der Waals surface area (Å²) >= 11 is 11.8. The quantitative estimate of drug-likeness (QED) is 0.454. The van der Waals surface area contributed by atoms with Gasteiger partial charge in [0.25, 0.3) is 11.8 Å². The minimum absolute atomic E-state index is 0.00132. The van der Waals surface area contributed by atoms with E-state index < -0.39 is 17.9 Å². The van der Waals surface area contributed by atoms with Gasteiger partial charge in [-0.25, -0.2) is 5.43 Å². The van der Waals surface area contributed by atoms with Crippen molar-refractivity contribution >= 4 is 41.2 Å². The highest BCUT2D eigenvalue weighted by atomic mass is 35.5. The molecule has 0 aromatic heterocycles. The van der Waals surface area contributed by atoms with Gasteiger partial charge in [-0.3, -0.25) is 9.59 Å². The van der Waals surface area contributed by atoms with Crippen molar-refractivity contribution in [2.75, 3.05) is 7.11 Å². The molecule has 0 saturated carbocycles. The fraction of sp³-hybridized carbons (Fsp3) is 0.250. The van der Waals surface area contributed by atoms with Gasteiger partial charge in [0.15, 0.2) is 11.5 Å². The molecule has 2 aromatic rings. The Balaban J connectivity index is 2.05. The summed E-state index contributed by atoms with van der Waals surface area (Å²) in [5, 5.41) is 16.8. The fourth-order valence-corrected chi connectivity index (χ4v) is 2.71. The Morgan fingerprint density at radius 2 is 1.86 bits per heavy atom. The lowest BCUT2D eigenvalue weighted by molar-refractivity contribution is -0.123. The van der Waals surface area contributed by atoms with E-state index in [2.05, 4.69) is 15.8 Å². The molecule has 2 rings (SSSR count). The Hall–Kier alpha value is -2.77. The molecular formula is C20H21Cl2N3O4. The second kappa shape index (κ2) is 10.1. The Bertz CT molecular complexity index is 932. The second-order valence-electron chi connectivity index (χ2n) is 6.49. The van der Waals surface area contributed by atoms with Gasteiger partial charge in [-0.05, 0) is 47.9 Å². The molecule has 2 amide bonds. The highest BCUT2D eigenvalue weighted by Crippen LogP contribution is 2.25. The standard InChI is InChI=1S/C20H21Cl2N3O4/c1-11(2)18(24-19(27)13-5-6-14(21)15(22)9-13)20(28)25-23-10-12-4-7-16(26)17(8-12)29-3/h4-11,18,26H,1-3H3,(H,24,27)(H,25,28)/b23-10+. The van der Waals surface area contributed by atoms with Gasteiger partial charge in [0.2, 0.25) is 0 Å². The van der Waals surface area contributed by atoms with Gasteiger partial charge >= 0.3 is 0 Å². The highest BCUT2D eigenvalue weighted by Gasteiger charge is 2.24. The normalized spacial score (nSPS) is 12.1. The molecule has 154 valence electrons. The molecule has 0 spiro atoms. The molecule has 3 N–H and O–H groups in total. The number of hydrazone groups is 1. The molecule has 0 aliphatic carbocycles. The van der Waals surface area contributed by atoms with E-state index in [1.54, 1.807) is 26.0 Å². The molecule has 1 unspecified atom stereocenters. The van der Waals surface area contributed by atoms with E-state index in [4.69, 9.17) is 27.9 Å². The van der Waals surface area contributed by atoms with E-state index in [0.29, 0.717) is 10.6 Å². The number of nitrogens with one attached hydrogen (secondary N) is 2. The predicted molar refractivity (Wildman–Crippen MR) is 113 cm³/mol. The first kappa shape index (κ1) is 22.5. The van der Waals surface area contributed by atoms with Crippen LogP contribution in [0.5, 0.6) is 11.5 Å². The first-order valence-electron chi connectivity index (χ1n) is 8.68. The van der Waals surface area contributed by atoms with Crippen molar-refractivity contribution < 1.29 is 19.4 Å². The van der Waals surface area contributed by atoms with Crippen molar-refractivity contribution in [3.8, 4) is 11.5 Å². The van der Waals surface area contributed by atoms with Gasteiger partial charge < -0.3 is 15.2 Å². The van der Waals surface area contributed by atoms with E-state index in [1.165, 1.54) is 37.6 Å². The average molecular weight is 438 g/mol. The summed E-state index contributed by atoms with van der Waals surface area (Å²) in [5.74, 6) is -0.835. The number of amides is 2. The maximum Gasteiger partial charge on any atom is 0.262 e. The van der Waals surface area contributed by atoms with Gasteiger partial charge in [-0.1, -0.05) is 37.0 Å². The molecule has 9 heteroatoms. The summed E-state index contributed by atoms with van der Waals surface area (Å²) in [4.78, 5) is 24.9. The lowest BCUT2D eigenvalue weighted by atomic mass is 10.0. The number of benzene rings is 2. The topological polar surface area (TPSA) is 100 Å². The van der Waals surface area contributed by atoms with Crippen LogP contribution in [0.1, 0.15) is 29.8 Å². The summed E-state index contributed by atoms with van der Waals surface area (Å²) < 4.78 is 5.02. The van der Waals surface area contributed by atoms with Crippen LogP contribution >= 0.6 is 23.2 Å². The van der Waals surface area contributed by atoms with Gasteiger partial charge in [-0.15, -0.1) is 0 Å². The van der Waals surface area contributed by atoms with Crippen LogP contribution in [-0.2, 0) is 4.79 Å². The minimum atomic E-state index is -0.816. The zero-order valence-electron chi connectivity index (χ0n) is 16.1. The summed E-state index contributed by atoms with van der Waals surface area (Å²) in [7, 11) is 1.43. The van der Waals surface area contributed by atoms with Crippen LogP contribution in [0.25, 0.3) is 0 Å². The zero-order chi connectivity index (χ0) is 21.6. The molecule has 0 fully saturated rings. The molecular weight excluding hydrogens is 417 g/mol. The third-order valence-corrected chi connectivity index (χ3v) is 4.75. The van der Waals surface area contributed by atoms with Gasteiger partial charge in [0.05, 0.1) is 23.4 Å². The summed E-state index contributed by atoms with van der Waals surface area (Å²) in [6.07, 6.45) is 1.40. The molecule has 0 aliphatic heterocycles. The van der Waals surface area contributed by atoms with Gasteiger partial charge in [0, 0.05) is 5.56 Å². The van der Waals surface area contributed by atoms with Crippen LogP contribution < -0.4 is 15.5 Å². The fourth-order valence-electron chi connectivity index (χ4n) is 2.41. The minimum Gasteiger partial charge on any atom is -0.504 e. The van der Waals surface area contributed by atoms with E-state index in [0.717, 1.165) is 0 Å². The Labute approximate surface area is 178 Å². The summed E-state index contributed by atoms with van der Waals surface area (Å²) in [5.41, 5.74) is 3.31. The van der Waals surface area contributed by atoms with Crippen LogP contribution in [0, 0.1) is 5.92 Å².